The van der Waals surface area contributed by atoms with E-state index < -0.39 is 29.8 Å². The number of likely N-dealkylation sites (tertiary alicyclic amines) is 1. The lowest BCUT2D eigenvalue weighted by atomic mass is 9.99. The molecule has 1 aliphatic heterocycles. The fourth-order valence-corrected chi connectivity index (χ4v) is 3.19. The number of pyridine rings is 1. The molecule has 6 nitrogen and oxygen atoms in total. The minimum atomic E-state index is -4.75. The molecule has 0 aliphatic carbocycles. The van der Waals surface area contributed by atoms with Gasteiger partial charge in [0.1, 0.15) is 23.6 Å². The number of carbonyl (C=O) groups excluding carboxylic acids is 1. The number of alkyl halides is 3. The van der Waals surface area contributed by atoms with E-state index in [0.29, 0.717) is 30.5 Å². The largest absolute Gasteiger partial charge is 0.421 e. The zero-order chi connectivity index (χ0) is 18.9. The first kappa shape index (κ1) is 18.2. The lowest BCUT2D eigenvalue weighted by Gasteiger charge is -2.34. The Kier molecular flexibility index (Phi) is 4.88. The van der Waals surface area contributed by atoms with Crippen LogP contribution in [0.25, 0.3) is 0 Å². The number of hydrogen-bond acceptors (Lipinski definition) is 4. The number of piperidine rings is 1. The topological polar surface area (TPSA) is 68.3 Å². The highest BCUT2D eigenvalue weighted by molar-refractivity contribution is 5.76. The molecule has 0 radical (unpaired) electrons. The summed E-state index contributed by atoms with van der Waals surface area (Å²) >= 11 is 0. The molecule has 1 fully saturated rings. The smallest absolute Gasteiger partial charge is 0.361 e. The van der Waals surface area contributed by atoms with Gasteiger partial charge in [-0.25, -0.2) is 0 Å². The maximum absolute atomic E-state index is 12.9. The molecule has 1 amide bonds. The van der Waals surface area contributed by atoms with Crippen molar-refractivity contribution in [3.8, 4) is 0 Å². The van der Waals surface area contributed by atoms with Crippen LogP contribution in [-0.2, 0) is 17.5 Å². The molecule has 0 unspecified atom stereocenters. The molecule has 3 rings (SSSR count). The van der Waals surface area contributed by atoms with Crippen molar-refractivity contribution in [3.05, 3.63) is 51.8 Å². The first-order chi connectivity index (χ1) is 12.3. The molecule has 3 heterocycles. The van der Waals surface area contributed by atoms with Crippen molar-refractivity contribution >= 4 is 5.91 Å². The SMILES string of the molecule is Cc1cc([C@H]2CCCCN2C(=O)Cn2cccc(C(F)(F)F)c2=O)no1. The number of hydrogen-bond donors (Lipinski definition) is 0. The van der Waals surface area contributed by atoms with Gasteiger partial charge in [-0.05, 0) is 38.3 Å². The Hall–Kier alpha value is -2.58. The molecule has 0 bridgehead atoms. The van der Waals surface area contributed by atoms with Gasteiger partial charge in [-0.2, -0.15) is 13.2 Å². The van der Waals surface area contributed by atoms with Gasteiger partial charge < -0.3 is 14.0 Å². The van der Waals surface area contributed by atoms with Crippen molar-refractivity contribution in [2.75, 3.05) is 6.54 Å². The number of nitrogens with zero attached hydrogens (tertiary/aromatic N) is 3. The monoisotopic (exact) mass is 369 g/mol. The quantitative estimate of drug-likeness (QED) is 0.834. The fourth-order valence-electron chi connectivity index (χ4n) is 3.19. The minimum absolute atomic E-state index is 0.296. The predicted molar refractivity (Wildman–Crippen MR) is 85.2 cm³/mol. The highest BCUT2D eigenvalue weighted by Gasteiger charge is 2.35. The van der Waals surface area contributed by atoms with Gasteiger partial charge in [0.15, 0.2) is 0 Å². The Bertz CT molecular complexity index is 857. The van der Waals surface area contributed by atoms with Crippen molar-refractivity contribution in [1.82, 2.24) is 14.6 Å². The van der Waals surface area contributed by atoms with Crippen LogP contribution in [0.15, 0.2) is 33.7 Å². The van der Waals surface area contributed by atoms with Gasteiger partial charge in [-0.15, -0.1) is 0 Å². The second-order valence-electron chi connectivity index (χ2n) is 6.31. The third-order valence-electron chi connectivity index (χ3n) is 4.44. The molecule has 2 aromatic heterocycles. The van der Waals surface area contributed by atoms with E-state index >= 15 is 0 Å². The van der Waals surface area contributed by atoms with Crippen molar-refractivity contribution in [2.45, 2.75) is 44.9 Å². The number of aryl methyl sites for hydroxylation is 1. The van der Waals surface area contributed by atoms with Gasteiger partial charge in [0.25, 0.3) is 5.56 Å². The Morgan fingerprint density at radius 2 is 2.15 bits per heavy atom. The first-order valence-electron chi connectivity index (χ1n) is 8.26. The molecular weight excluding hydrogens is 351 g/mol. The Labute approximate surface area is 147 Å². The number of carbonyl (C=O) groups is 1. The van der Waals surface area contributed by atoms with Gasteiger partial charge in [-0.3, -0.25) is 9.59 Å². The average Bonchev–Trinajstić information content (AvgIpc) is 3.02. The Morgan fingerprint density at radius 3 is 2.81 bits per heavy atom. The van der Waals surface area contributed by atoms with Crippen LogP contribution in [0.2, 0.25) is 0 Å². The van der Waals surface area contributed by atoms with Crippen LogP contribution >= 0.6 is 0 Å². The molecule has 140 valence electrons. The fraction of sp³-hybridized carbons (Fsp3) is 0.471. The van der Waals surface area contributed by atoms with Crippen LogP contribution in [0.5, 0.6) is 0 Å². The lowest BCUT2D eigenvalue weighted by Crippen LogP contribution is -2.42. The van der Waals surface area contributed by atoms with Crippen LogP contribution in [0.3, 0.4) is 0 Å². The van der Waals surface area contributed by atoms with E-state index in [1.165, 1.54) is 6.20 Å². The van der Waals surface area contributed by atoms with Crippen molar-refractivity contribution in [1.29, 1.82) is 0 Å². The zero-order valence-corrected chi connectivity index (χ0v) is 14.1. The summed E-state index contributed by atoms with van der Waals surface area (Å²) in [7, 11) is 0. The van der Waals surface area contributed by atoms with Gasteiger partial charge in [-0.1, -0.05) is 5.16 Å². The summed E-state index contributed by atoms with van der Waals surface area (Å²) in [5.74, 6) is 0.198. The van der Waals surface area contributed by atoms with Crippen LogP contribution in [-0.4, -0.2) is 27.1 Å². The predicted octanol–water partition coefficient (Wildman–Crippen LogP) is 2.92. The Morgan fingerprint density at radius 1 is 1.38 bits per heavy atom. The van der Waals surface area contributed by atoms with Gasteiger partial charge in [0.2, 0.25) is 5.91 Å². The van der Waals surface area contributed by atoms with Crippen LogP contribution in [0.1, 0.15) is 42.3 Å². The standard InChI is InChI=1S/C17H18F3N3O3/c1-11-9-13(21-26-11)14-6-2-3-8-23(14)15(24)10-22-7-4-5-12(16(22)25)17(18,19)20/h4-5,7,9,14H,2-3,6,8,10H2,1H3/t14-/m1/s1. The molecule has 1 aliphatic rings. The Balaban J connectivity index is 1.84. The van der Waals surface area contributed by atoms with Gasteiger partial charge >= 0.3 is 6.18 Å². The molecule has 2 aromatic rings. The summed E-state index contributed by atoms with van der Waals surface area (Å²) in [5, 5.41) is 3.96. The summed E-state index contributed by atoms with van der Waals surface area (Å²) in [4.78, 5) is 26.3. The molecular formula is C17H18F3N3O3. The van der Waals surface area contributed by atoms with Gasteiger partial charge in [0, 0.05) is 18.8 Å². The van der Waals surface area contributed by atoms with Crippen molar-refractivity contribution < 1.29 is 22.5 Å². The second-order valence-corrected chi connectivity index (χ2v) is 6.31. The maximum Gasteiger partial charge on any atom is 0.421 e. The third-order valence-corrected chi connectivity index (χ3v) is 4.44. The van der Waals surface area contributed by atoms with Crippen LogP contribution in [0, 0.1) is 6.92 Å². The highest BCUT2D eigenvalue weighted by Crippen LogP contribution is 2.31. The second kappa shape index (κ2) is 6.97. The summed E-state index contributed by atoms with van der Waals surface area (Å²) in [6.07, 6.45) is -1.18. The molecule has 26 heavy (non-hydrogen) atoms. The van der Waals surface area contributed by atoms with Crippen LogP contribution < -0.4 is 5.56 Å². The molecule has 0 N–H and O–H groups in total. The minimum Gasteiger partial charge on any atom is -0.361 e. The number of amides is 1. The van der Waals surface area contributed by atoms with E-state index in [1.54, 1.807) is 17.9 Å². The molecule has 1 saturated heterocycles. The van der Waals surface area contributed by atoms with E-state index in [9.17, 15) is 22.8 Å². The van der Waals surface area contributed by atoms with Crippen LogP contribution in [0.4, 0.5) is 13.2 Å². The number of aromatic nitrogens is 2. The summed E-state index contributed by atoms with van der Waals surface area (Å²) < 4.78 is 44.5. The molecule has 0 spiro atoms. The number of rotatable bonds is 3. The third kappa shape index (κ3) is 3.66. The van der Waals surface area contributed by atoms with E-state index in [0.717, 1.165) is 23.5 Å². The van der Waals surface area contributed by atoms with E-state index in [1.807, 2.05) is 0 Å². The molecule has 0 aromatic carbocycles. The first-order valence-corrected chi connectivity index (χ1v) is 8.26. The van der Waals surface area contributed by atoms with Gasteiger partial charge in [0.05, 0.1) is 6.04 Å². The van der Waals surface area contributed by atoms with E-state index in [4.69, 9.17) is 4.52 Å². The highest BCUT2D eigenvalue weighted by atomic mass is 19.4. The lowest BCUT2D eigenvalue weighted by molar-refractivity contribution is -0.140. The summed E-state index contributed by atoms with van der Waals surface area (Å²) in [5.41, 5.74) is -1.89. The zero-order valence-electron chi connectivity index (χ0n) is 14.1. The van der Waals surface area contributed by atoms with E-state index in [-0.39, 0.29) is 6.04 Å². The normalized spacial score (nSPS) is 18.2. The molecule has 9 heteroatoms. The molecule has 1 atom stereocenters. The summed E-state index contributed by atoms with van der Waals surface area (Å²) in [6.45, 7) is 1.76. The van der Waals surface area contributed by atoms with Crippen molar-refractivity contribution in [2.24, 2.45) is 0 Å². The molecule has 0 saturated carbocycles. The van der Waals surface area contributed by atoms with Crippen molar-refractivity contribution in [3.63, 3.8) is 0 Å². The number of halogens is 3. The summed E-state index contributed by atoms with van der Waals surface area (Å²) in [6, 6.07) is 3.28. The van der Waals surface area contributed by atoms with E-state index in [2.05, 4.69) is 5.16 Å². The average molecular weight is 369 g/mol. The maximum atomic E-state index is 12.9.